The van der Waals surface area contributed by atoms with Crippen molar-refractivity contribution < 1.29 is 5.11 Å². The maximum Gasteiger partial charge on any atom is 0.198 e. The molecule has 24 heavy (non-hydrogen) atoms. The molecule has 0 bridgehead atoms. The Hall–Kier alpha value is -3.39. The summed E-state index contributed by atoms with van der Waals surface area (Å²) in [6.45, 7) is 4.03. The van der Waals surface area contributed by atoms with Crippen molar-refractivity contribution in [3.63, 3.8) is 0 Å². The summed E-state index contributed by atoms with van der Waals surface area (Å²) >= 11 is 0. The lowest BCUT2D eigenvalue weighted by Crippen LogP contribution is -2.22. The monoisotopic (exact) mass is 314 g/mol. The first kappa shape index (κ1) is 14.2. The highest BCUT2D eigenvalue weighted by Crippen LogP contribution is 2.35. The van der Waals surface area contributed by atoms with Gasteiger partial charge in [-0.05, 0) is 43.2 Å². The van der Waals surface area contributed by atoms with Crippen LogP contribution in [0.15, 0.2) is 52.2 Å². The molecule has 0 aliphatic carbocycles. The number of aromatic amines is 1. The largest absolute Gasteiger partial charge is 0.494 e. The number of rotatable bonds is 1. The van der Waals surface area contributed by atoms with Gasteiger partial charge >= 0.3 is 0 Å². The van der Waals surface area contributed by atoms with Crippen LogP contribution < -0.4 is 10.7 Å². The fourth-order valence-electron chi connectivity index (χ4n) is 2.93. The van der Waals surface area contributed by atoms with E-state index in [1.807, 2.05) is 50.2 Å². The molecular formula is C19H14N4O. The van der Waals surface area contributed by atoms with Crippen LogP contribution in [0.25, 0.3) is 16.5 Å². The minimum absolute atomic E-state index is 0.0473. The number of benzene rings is 2. The van der Waals surface area contributed by atoms with E-state index in [0.717, 1.165) is 32.7 Å². The highest BCUT2D eigenvalue weighted by Gasteiger charge is 2.20. The zero-order valence-corrected chi connectivity index (χ0v) is 13.3. The number of allylic oxidation sites excluding steroid dienone is 1. The van der Waals surface area contributed by atoms with Crippen molar-refractivity contribution in [3.05, 3.63) is 69.6 Å². The molecule has 0 radical (unpaired) electrons. The lowest BCUT2D eigenvalue weighted by Gasteiger charge is -1.99. The number of aromatic hydroxyl groups is 1. The van der Waals surface area contributed by atoms with E-state index in [0.29, 0.717) is 11.4 Å². The quantitative estimate of drug-likeness (QED) is 0.677. The lowest BCUT2D eigenvalue weighted by atomic mass is 10.1. The van der Waals surface area contributed by atoms with Gasteiger partial charge in [-0.2, -0.15) is 5.26 Å². The molecule has 1 aliphatic rings. The second-order valence-electron chi connectivity index (χ2n) is 5.85. The highest BCUT2D eigenvalue weighted by molar-refractivity contribution is 5.99. The van der Waals surface area contributed by atoms with Crippen molar-refractivity contribution in [2.75, 3.05) is 0 Å². The molecule has 1 aliphatic heterocycles. The summed E-state index contributed by atoms with van der Waals surface area (Å²) in [5.41, 5.74) is 3.72. The predicted octanol–water partition coefficient (Wildman–Crippen LogP) is 2.64. The van der Waals surface area contributed by atoms with Crippen molar-refractivity contribution in [3.8, 4) is 11.9 Å². The molecule has 2 heterocycles. The molecule has 0 unspecified atom stereocenters. The number of H-pyrrole nitrogens is 1. The molecule has 3 aromatic rings. The summed E-state index contributed by atoms with van der Waals surface area (Å²) in [7, 11) is 0. The van der Waals surface area contributed by atoms with Gasteiger partial charge < -0.3 is 10.1 Å². The van der Waals surface area contributed by atoms with E-state index in [1.54, 1.807) is 0 Å². The third kappa shape index (κ3) is 2.01. The van der Waals surface area contributed by atoms with E-state index in [4.69, 9.17) is 0 Å². The molecule has 0 amide bonds. The average Bonchev–Trinajstić information content (AvgIpc) is 3.10. The number of nitrogens with zero attached hydrogens (tertiary/aromatic N) is 3. The van der Waals surface area contributed by atoms with Crippen LogP contribution in [0.5, 0.6) is 5.88 Å². The minimum atomic E-state index is -0.0473. The molecular weight excluding hydrogens is 300 g/mol. The van der Waals surface area contributed by atoms with Crippen LogP contribution in [0.2, 0.25) is 0 Å². The fourth-order valence-corrected chi connectivity index (χ4v) is 2.93. The molecule has 2 N–H and O–H groups in total. The first-order valence-corrected chi connectivity index (χ1v) is 7.57. The SMILES string of the molecule is Cc1cc2c(cc1C)=NC(=C(C#N)c1c(O)[nH]c3ccccc13)N=2. The van der Waals surface area contributed by atoms with Crippen LogP contribution in [-0.4, -0.2) is 10.1 Å². The van der Waals surface area contributed by atoms with E-state index >= 15 is 0 Å². The Morgan fingerprint density at radius 3 is 2.33 bits per heavy atom. The average molecular weight is 314 g/mol. The smallest absolute Gasteiger partial charge is 0.198 e. The first-order valence-electron chi connectivity index (χ1n) is 7.57. The molecule has 0 saturated carbocycles. The molecule has 116 valence electrons. The molecule has 0 fully saturated rings. The predicted molar refractivity (Wildman–Crippen MR) is 90.7 cm³/mol. The topological polar surface area (TPSA) is 84.5 Å². The molecule has 5 nitrogen and oxygen atoms in total. The number of fused-ring (bicyclic) bond motifs is 2. The molecule has 0 spiro atoms. The second kappa shape index (κ2) is 5.07. The van der Waals surface area contributed by atoms with Gasteiger partial charge in [-0.25, -0.2) is 9.98 Å². The van der Waals surface area contributed by atoms with Gasteiger partial charge in [-0.15, -0.1) is 0 Å². The number of nitriles is 1. The van der Waals surface area contributed by atoms with E-state index in [2.05, 4.69) is 21.0 Å². The summed E-state index contributed by atoms with van der Waals surface area (Å²) < 4.78 is 0. The van der Waals surface area contributed by atoms with Gasteiger partial charge in [0.1, 0.15) is 11.6 Å². The Kier molecular flexibility index (Phi) is 3.00. The second-order valence-corrected chi connectivity index (χ2v) is 5.85. The van der Waals surface area contributed by atoms with E-state index in [9.17, 15) is 10.4 Å². The Morgan fingerprint density at radius 1 is 1.08 bits per heavy atom. The van der Waals surface area contributed by atoms with Crippen LogP contribution >= 0.6 is 0 Å². The van der Waals surface area contributed by atoms with Crippen LogP contribution in [0.1, 0.15) is 16.7 Å². The van der Waals surface area contributed by atoms with E-state index in [1.165, 1.54) is 0 Å². The van der Waals surface area contributed by atoms with Crippen molar-refractivity contribution >= 4 is 16.5 Å². The van der Waals surface area contributed by atoms with Gasteiger partial charge in [0.2, 0.25) is 0 Å². The first-order chi connectivity index (χ1) is 11.6. The summed E-state index contributed by atoms with van der Waals surface area (Å²) in [6.07, 6.45) is 0. The molecule has 0 saturated heterocycles. The molecule has 0 atom stereocenters. The Labute approximate surface area is 137 Å². The van der Waals surface area contributed by atoms with Crippen LogP contribution in [0, 0.1) is 25.2 Å². The molecule has 5 heteroatoms. The van der Waals surface area contributed by atoms with Crippen molar-refractivity contribution in [1.82, 2.24) is 4.98 Å². The number of aromatic nitrogens is 1. The van der Waals surface area contributed by atoms with E-state index in [-0.39, 0.29) is 11.5 Å². The van der Waals surface area contributed by atoms with Gasteiger partial charge in [-0.3, -0.25) is 0 Å². The number of hydrogen-bond acceptors (Lipinski definition) is 4. The third-order valence-electron chi connectivity index (χ3n) is 4.32. The zero-order chi connectivity index (χ0) is 16.8. The number of hydrogen-bond donors (Lipinski definition) is 2. The maximum atomic E-state index is 10.3. The maximum absolute atomic E-state index is 10.3. The lowest BCUT2D eigenvalue weighted by molar-refractivity contribution is 0.457. The summed E-state index contributed by atoms with van der Waals surface area (Å²) in [6, 6.07) is 13.5. The molecule has 4 rings (SSSR count). The highest BCUT2D eigenvalue weighted by atomic mass is 16.3. The fraction of sp³-hybridized carbons (Fsp3) is 0.105. The normalized spacial score (nSPS) is 12.5. The summed E-state index contributed by atoms with van der Waals surface area (Å²) in [5.74, 6) is 0.284. The molecule has 2 aromatic carbocycles. The van der Waals surface area contributed by atoms with Gasteiger partial charge in [-0.1, -0.05) is 18.2 Å². The van der Waals surface area contributed by atoms with Crippen LogP contribution in [0.3, 0.4) is 0 Å². The third-order valence-corrected chi connectivity index (χ3v) is 4.32. The Bertz CT molecular complexity index is 1150. The van der Waals surface area contributed by atoms with Gasteiger partial charge in [0.25, 0.3) is 0 Å². The standard InChI is InChI=1S/C19H14N4O/c1-10-7-15-16(8-11(10)2)22-18(21-15)13(9-20)17-12-5-3-4-6-14(12)23-19(17)24/h3-8,23-24H,1-2H3. The minimum Gasteiger partial charge on any atom is -0.494 e. The van der Waals surface area contributed by atoms with Crippen molar-refractivity contribution in [1.29, 1.82) is 5.26 Å². The van der Waals surface area contributed by atoms with Crippen LogP contribution in [-0.2, 0) is 0 Å². The van der Waals surface area contributed by atoms with Crippen molar-refractivity contribution in [2.45, 2.75) is 13.8 Å². The summed E-state index contributed by atoms with van der Waals surface area (Å²) in [4.78, 5) is 11.9. The Morgan fingerprint density at radius 2 is 1.71 bits per heavy atom. The Balaban J connectivity index is 2.03. The molecule has 1 aromatic heterocycles. The van der Waals surface area contributed by atoms with Gasteiger partial charge in [0, 0.05) is 10.9 Å². The number of para-hydroxylation sites is 1. The van der Waals surface area contributed by atoms with E-state index < -0.39 is 0 Å². The van der Waals surface area contributed by atoms with Crippen LogP contribution in [0.4, 0.5) is 0 Å². The van der Waals surface area contributed by atoms with Gasteiger partial charge in [0.05, 0.1) is 16.3 Å². The number of aryl methyl sites for hydroxylation is 2. The zero-order valence-electron chi connectivity index (χ0n) is 13.3. The van der Waals surface area contributed by atoms with Crippen molar-refractivity contribution in [2.24, 2.45) is 9.98 Å². The summed E-state index contributed by atoms with van der Waals surface area (Å²) in [5, 5.41) is 22.2. The van der Waals surface area contributed by atoms with Gasteiger partial charge in [0.15, 0.2) is 11.7 Å². The number of nitrogens with one attached hydrogen (secondary N) is 1.